The van der Waals surface area contributed by atoms with E-state index < -0.39 is 17.1 Å². The van der Waals surface area contributed by atoms with Gasteiger partial charge in [-0.05, 0) is 18.6 Å². The number of aromatic hydroxyl groups is 1. The predicted octanol–water partition coefficient (Wildman–Crippen LogP) is 0.768. The van der Waals surface area contributed by atoms with Crippen LogP contribution in [0.1, 0.15) is 15.9 Å². The summed E-state index contributed by atoms with van der Waals surface area (Å²) in [6.45, 7) is 1.52. The molecule has 1 aromatic rings. The molecule has 0 aromatic heterocycles. The van der Waals surface area contributed by atoms with Crippen LogP contribution < -0.4 is 10.2 Å². The predicted molar refractivity (Wildman–Crippen MR) is 52.6 cm³/mol. The zero-order chi connectivity index (χ0) is 11.6. The number of rotatable bonds is 2. The van der Waals surface area contributed by atoms with E-state index in [9.17, 15) is 14.7 Å². The summed E-state index contributed by atoms with van der Waals surface area (Å²) in [4.78, 5) is 22.0. The summed E-state index contributed by atoms with van der Waals surface area (Å²) >= 11 is 0. The molecule has 0 bridgehead atoms. The summed E-state index contributed by atoms with van der Waals surface area (Å²) in [6, 6.07) is 2.18. The molecule has 0 aliphatic rings. The van der Waals surface area contributed by atoms with Gasteiger partial charge in [-0.3, -0.25) is 4.79 Å². The van der Waals surface area contributed by atoms with Crippen molar-refractivity contribution in [3.05, 3.63) is 33.5 Å². The van der Waals surface area contributed by atoms with E-state index in [1.54, 1.807) is 0 Å². The van der Waals surface area contributed by atoms with Crippen LogP contribution in [0.4, 0.5) is 0 Å². The van der Waals surface area contributed by atoms with Gasteiger partial charge < -0.3 is 14.9 Å². The standard InChI is InChI=1S/C10H10O5/c1-5-3-8(15-2)9(12)7(11)4-6(5)10(13)14/h3-4H,1-2H3,(H,11,12)(H,13,14). The minimum Gasteiger partial charge on any atom is -0.502 e. The maximum absolute atomic E-state index is 11.3. The van der Waals surface area contributed by atoms with E-state index in [2.05, 4.69) is 0 Å². The third-order valence-electron chi connectivity index (χ3n) is 1.96. The van der Waals surface area contributed by atoms with Crippen molar-refractivity contribution >= 4 is 5.97 Å². The smallest absolute Gasteiger partial charge is 0.336 e. The zero-order valence-corrected chi connectivity index (χ0v) is 8.27. The lowest BCUT2D eigenvalue weighted by Crippen LogP contribution is -2.02. The minimum absolute atomic E-state index is 0.0370. The van der Waals surface area contributed by atoms with Gasteiger partial charge in [-0.15, -0.1) is 0 Å². The Balaban J connectivity index is 3.66. The summed E-state index contributed by atoms with van der Waals surface area (Å²) in [5, 5.41) is 18.2. The van der Waals surface area contributed by atoms with E-state index in [0.29, 0.717) is 5.56 Å². The van der Waals surface area contributed by atoms with Crippen molar-refractivity contribution in [3.8, 4) is 11.5 Å². The Morgan fingerprint density at radius 3 is 2.47 bits per heavy atom. The molecular formula is C10H10O5. The van der Waals surface area contributed by atoms with Crippen molar-refractivity contribution in [1.29, 1.82) is 0 Å². The molecule has 1 rings (SSSR count). The van der Waals surface area contributed by atoms with Crippen LogP contribution in [-0.2, 0) is 0 Å². The van der Waals surface area contributed by atoms with E-state index in [1.807, 2.05) is 0 Å². The van der Waals surface area contributed by atoms with Gasteiger partial charge in [0, 0.05) is 6.07 Å². The molecule has 0 aliphatic heterocycles. The Morgan fingerprint density at radius 1 is 1.40 bits per heavy atom. The molecule has 5 nitrogen and oxygen atoms in total. The van der Waals surface area contributed by atoms with Gasteiger partial charge in [0.05, 0.1) is 12.7 Å². The molecule has 0 heterocycles. The lowest BCUT2D eigenvalue weighted by molar-refractivity contribution is 0.0696. The SMILES string of the molecule is COc1cc(C)c(C(=O)O)cc(=O)c1O. The summed E-state index contributed by atoms with van der Waals surface area (Å²) in [7, 11) is 1.29. The summed E-state index contributed by atoms with van der Waals surface area (Å²) < 4.78 is 4.76. The van der Waals surface area contributed by atoms with E-state index in [4.69, 9.17) is 9.84 Å². The summed E-state index contributed by atoms with van der Waals surface area (Å²) in [6.07, 6.45) is 0. The van der Waals surface area contributed by atoms with Crippen LogP contribution in [0.3, 0.4) is 0 Å². The number of aryl methyl sites for hydroxylation is 1. The Kier molecular flexibility index (Phi) is 2.94. The summed E-state index contributed by atoms with van der Waals surface area (Å²) in [5.74, 6) is -1.85. The van der Waals surface area contributed by atoms with Crippen LogP contribution in [0.2, 0.25) is 0 Å². The highest BCUT2D eigenvalue weighted by atomic mass is 16.5. The van der Waals surface area contributed by atoms with Crippen molar-refractivity contribution in [2.24, 2.45) is 0 Å². The lowest BCUT2D eigenvalue weighted by atomic mass is 10.2. The third-order valence-corrected chi connectivity index (χ3v) is 1.96. The zero-order valence-electron chi connectivity index (χ0n) is 8.27. The van der Waals surface area contributed by atoms with E-state index in [1.165, 1.54) is 20.1 Å². The number of hydrogen-bond donors (Lipinski definition) is 2. The Hall–Kier alpha value is -2.04. The Bertz CT molecular complexity index is 464. The molecule has 0 saturated carbocycles. The maximum Gasteiger partial charge on any atom is 0.336 e. The fourth-order valence-electron chi connectivity index (χ4n) is 1.16. The van der Waals surface area contributed by atoms with Crippen molar-refractivity contribution in [2.45, 2.75) is 6.92 Å². The number of carboxylic acid groups (broad SMARTS) is 1. The van der Waals surface area contributed by atoms with Gasteiger partial charge in [0.1, 0.15) is 0 Å². The Labute approximate surface area is 85.6 Å². The number of hydrogen-bond acceptors (Lipinski definition) is 4. The molecule has 5 heteroatoms. The van der Waals surface area contributed by atoms with E-state index in [-0.39, 0.29) is 11.3 Å². The molecule has 2 N–H and O–H groups in total. The van der Waals surface area contributed by atoms with Crippen LogP contribution in [-0.4, -0.2) is 23.3 Å². The van der Waals surface area contributed by atoms with Gasteiger partial charge in [-0.25, -0.2) is 4.79 Å². The van der Waals surface area contributed by atoms with E-state index in [0.717, 1.165) is 6.07 Å². The first-order chi connectivity index (χ1) is 6.97. The minimum atomic E-state index is -1.22. The normalized spacial score (nSPS) is 9.73. The average Bonchev–Trinajstić information content (AvgIpc) is 2.29. The molecule has 0 radical (unpaired) electrons. The molecule has 0 saturated heterocycles. The van der Waals surface area contributed by atoms with Gasteiger partial charge in [-0.2, -0.15) is 0 Å². The van der Waals surface area contributed by atoms with E-state index >= 15 is 0 Å². The lowest BCUT2D eigenvalue weighted by Gasteiger charge is -1.97. The van der Waals surface area contributed by atoms with Gasteiger partial charge in [0.2, 0.25) is 11.2 Å². The highest BCUT2D eigenvalue weighted by molar-refractivity contribution is 5.89. The van der Waals surface area contributed by atoms with Crippen molar-refractivity contribution < 1.29 is 19.7 Å². The van der Waals surface area contributed by atoms with Gasteiger partial charge in [0.15, 0.2) is 5.75 Å². The molecule has 1 aromatic carbocycles. The van der Waals surface area contributed by atoms with Crippen LogP contribution in [0.5, 0.6) is 11.5 Å². The molecular weight excluding hydrogens is 200 g/mol. The fraction of sp³-hybridized carbons (Fsp3) is 0.200. The van der Waals surface area contributed by atoms with Crippen LogP contribution in [0.15, 0.2) is 16.9 Å². The van der Waals surface area contributed by atoms with Crippen molar-refractivity contribution in [3.63, 3.8) is 0 Å². The Morgan fingerprint density at radius 2 is 2.00 bits per heavy atom. The van der Waals surface area contributed by atoms with Gasteiger partial charge >= 0.3 is 5.97 Å². The monoisotopic (exact) mass is 210 g/mol. The third kappa shape index (κ3) is 2.07. The second-order valence-electron chi connectivity index (χ2n) is 2.97. The molecule has 0 aliphatic carbocycles. The first kappa shape index (κ1) is 11.0. The molecule has 0 unspecified atom stereocenters. The average molecular weight is 210 g/mol. The molecule has 80 valence electrons. The maximum atomic E-state index is 11.3. The highest BCUT2D eigenvalue weighted by Gasteiger charge is 2.12. The number of carbonyl (C=O) groups is 1. The second-order valence-corrected chi connectivity index (χ2v) is 2.97. The molecule has 15 heavy (non-hydrogen) atoms. The van der Waals surface area contributed by atoms with Crippen molar-refractivity contribution in [2.75, 3.05) is 7.11 Å². The first-order valence-electron chi connectivity index (χ1n) is 4.12. The van der Waals surface area contributed by atoms with Gasteiger partial charge in [-0.1, -0.05) is 0 Å². The number of carboxylic acids is 1. The fourth-order valence-corrected chi connectivity index (χ4v) is 1.16. The quantitative estimate of drug-likeness (QED) is 0.753. The molecule has 0 spiro atoms. The number of aromatic carboxylic acids is 1. The van der Waals surface area contributed by atoms with Crippen LogP contribution >= 0.6 is 0 Å². The van der Waals surface area contributed by atoms with Crippen LogP contribution in [0, 0.1) is 6.92 Å². The summed E-state index contributed by atoms with van der Waals surface area (Å²) in [5.41, 5.74) is -0.590. The topological polar surface area (TPSA) is 83.8 Å². The molecule has 0 fully saturated rings. The van der Waals surface area contributed by atoms with Gasteiger partial charge in [0.25, 0.3) is 0 Å². The highest BCUT2D eigenvalue weighted by Crippen LogP contribution is 2.22. The van der Waals surface area contributed by atoms with Crippen LogP contribution in [0.25, 0.3) is 0 Å². The molecule has 0 amide bonds. The largest absolute Gasteiger partial charge is 0.502 e. The number of methoxy groups -OCH3 is 1. The molecule has 0 atom stereocenters. The van der Waals surface area contributed by atoms with Crippen molar-refractivity contribution in [1.82, 2.24) is 0 Å². The second kappa shape index (κ2) is 4.00. The number of ether oxygens (including phenoxy) is 1. The first-order valence-corrected chi connectivity index (χ1v) is 4.12.